The van der Waals surface area contributed by atoms with Crippen LogP contribution < -0.4 is 31.1 Å². The molecule has 0 saturated heterocycles. The highest BCUT2D eigenvalue weighted by Crippen LogP contribution is 2.61. The molecule has 1 fully saturated rings. The van der Waals surface area contributed by atoms with E-state index in [1.54, 1.807) is 0 Å². The van der Waals surface area contributed by atoms with Crippen molar-refractivity contribution in [3.05, 3.63) is 161 Å². The second-order valence-electron chi connectivity index (χ2n) is 24.3. The molecule has 342 valence electrons. The highest BCUT2D eigenvalue weighted by Gasteiger charge is 2.58. The van der Waals surface area contributed by atoms with Gasteiger partial charge in [-0.1, -0.05) is 143 Å². The quantitative estimate of drug-likeness (QED) is 0.165. The van der Waals surface area contributed by atoms with Gasteiger partial charge >= 0.3 is 0 Å². The number of benzene rings is 7. The highest BCUT2D eigenvalue weighted by molar-refractivity contribution is 7.00. The van der Waals surface area contributed by atoms with Crippen molar-refractivity contribution in [2.45, 2.75) is 136 Å². The van der Waals surface area contributed by atoms with E-state index < -0.39 is 0 Å². The standard InChI is InChI=1S/C63H66BN3O/c1-39-33-54-58-55(34-39)66(44-25-27-47-46-17-13-14-18-56(46)68-57(47)38-44)53-37-45(67-51-29-21-41(60(5,6)7)35-48(51)62(11)31-15-16-32-63(62,67)12)26-28-49(53)64(58)50-36-42(61(8,9)10)22-30-52(50)65(54)43-23-19-40(20-24-43)59(2,3)4/h13-14,17-30,33-38H,15-16,31-32H2,1-12H3. The first-order valence-electron chi connectivity index (χ1n) is 25.2. The minimum atomic E-state index is -0.0885. The summed E-state index contributed by atoms with van der Waals surface area (Å²) in [6, 6.07) is 51.8. The van der Waals surface area contributed by atoms with Gasteiger partial charge in [-0.15, -0.1) is 0 Å². The number of para-hydroxylation sites is 1. The van der Waals surface area contributed by atoms with Crippen LogP contribution in [-0.2, 0) is 21.7 Å². The molecule has 1 saturated carbocycles. The zero-order valence-electron chi connectivity index (χ0n) is 42.4. The Morgan fingerprint density at radius 1 is 0.485 bits per heavy atom. The molecule has 2 unspecified atom stereocenters. The molecule has 1 aliphatic carbocycles. The first kappa shape index (κ1) is 43.1. The van der Waals surface area contributed by atoms with Crippen LogP contribution in [0.2, 0.25) is 0 Å². The number of nitrogens with zero attached hydrogens (tertiary/aromatic N) is 3. The van der Waals surface area contributed by atoms with E-state index in [1.165, 1.54) is 103 Å². The van der Waals surface area contributed by atoms with E-state index in [0.29, 0.717) is 0 Å². The lowest BCUT2D eigenvalue weighted by Gasteiger charge is -2.50. The van der Waals surface area contributed by atoms with Gasteiger partial charge in [0.1, 0.15) is 11.2 Å². The summed E-state index contributed by atoms with van der Waals surface area (Å²) in [7, 11) is 0. The molecule has 2 atom stereocenters. The van der Waals surface area contributed by atoms with Crippen LogP contribution in [0.3, 0.4) is 0 Å². The van der Waals surface area contributed by atoms with Crippen molar-refractivity contribution in [2.24, 2.45) is 0 Å². The van der Waals surface area contributed by atoms with Crippen LogP contribution in [0.1, 0.15) is 130 Å². The second-order valence-corrected chi connectivity index (χ2v) is 24.3. The van der Waals surface area contributed by atoms with Gasteiger partial charge in [-0.3, -0.25) is 0 Å². The molecular formula is C63H66BN3O. The Bertz CT molecular complexity index is 3380. The fourth-order valence-corrected chi connectivity index (χ4v) is 12.9. The maximum atomic E-state index is 6.68. The fourth-order valence-electron chi connectivity index (χ4n) is 12.9. The molecular weight excluding hydrogens is 826 g/mol. The van der Waals surface area contributed by atoms with Gasteiger partial charge in [-0.25, -0.2) is 0 Å². The normalized spacial score (nSPS) is 19.8. The van der Waals surface area contributed by atoms with Crippen molar-refractivity contribution in [2.75, 3.05) is 14.7 Å². The SMILES string of the molecule is Cc1cc2c3c(c1)N(c1ccc4c(c1)oc1ccccc14)c1cc(N4c5ccc(C(C)(C)C)cc5C5(C)CCCCC45C)ccc1B3c1cc(C(C)(C)C)ccc1N2c1ccc(C(C)(C)C)cc1. The number of fused-ring (bicyclic) bond motifs is 10. The molecule has 0 amide bonds. The lowest BCUT2D eigenvalue weighted by molar-refractivity contribution is 0.195. The minimum Gasteiger partial charge on any atom is -0.456 e. The third-order valence-corrected chi connectivity index (χ3v) is 16.9. The van der Waals surface area contributed by atoms with Crippen molar-refractivity contribution >= 4 is 90.5 Å². The largest absolute Gasteiger partial charge is 0.456 e. The van der Waals surface area contributed by atoms with Crippen LogP contribution >= 0.6 is 0 Å². The van der Waals surface area contributed by atoms with Gasteiger partial charge in [0.2, 0.25) is 0 Å². The van der Waals surface area contributed by atoms with Crippen LogP contribution in [0.15, 0.2) is 138 Å². The van der Waals surface area contributed by atoms with Gasteiger partial charge in [0.05, 0.1) is 5.54 Å². The molecule has 3 aliphatic heterocycles. The second kappa shape index (κ2) is 14.4. The average molecular weight is 892 g/mol. The van der Waals surface area contributed by atoms with E-state index in [9.17, 15) is 0 Å². The molecule has 4 aliphatic rings. The molecule has 12 rings (SSSR count). The summed E-state index contributed by atoms with van der Waals surface area (Å²) >= 11 is 0. The molecule has 8 aromatic rings. The van der Waals surface area contributed by atoms with E-state index in [-0.39, 0.29) is 33.9 Å². The summed E-state index contributed by atoms with van der Waals surface area (Å²) in [5.74, 6) is 0. The third kappa shape index (κ3) is 6.19. The van der Waals surface area contributed by atoms with Crippen LogP contribution in [-0.4, -0.2) is 12.3 Å². The number of furan rings is 1. The Labute approximate surface area is 405 Å². The summed E-state index contributed by atoms with van der Waals surface area (Å²) in [5, 5.41) is 2.29. The van der Waals surface area contributed by atoms with Gasteiger partial charge in [-0.05, 0) is 154 Å². The Morgan fingerprint density at radius 3 is 1.78 bits per heavy atom. The smallest absolute Gasteiger partial charge is 0.252 e. The summed E-state index contributed by atoms with van der Waals surface area (Å²) in [5.41, 5.74) is 22.5. The van der Waals surface area contributed by atoms with Gasteiger partial charge in [0.15, 0.2) is 0 Å². The van der Waals surface area contributed by atoms with Crippen molar-refractivity contribution in [1.29, 1.82) is 0 Å². The molecule has 5 heteroatoms. The van der Waals surface area contributed by atoms with Crippen LogP contribution in [0.4, 0.5) is 45.5 Å². The first-order valence-corrected chi connectivity index (χ1v) is 25.2. The highest BCUT2D eigenvalue weighted by atomic mass is 16.3. The monoisotopic (exact) mass is 892 g/mol. The molecule has 0 N–H and O–H groups in total. The van der Waals surface area contributed by atoms with Gasteiger partial charge in [0, 0.05) is 67.8 Å². The number of rotatable bonds is 3. The van der Waals surface area contributed by atoms with E-state index in [1.807, 2.05) is 0 Å². The molecule has 4 nitrogen and oxygen atoms in total. The maximum absolute atomic E-state index is 6.68. The van der Waals surface area contributed by atoms with E-state index in [4.69, 9.17) is 4.42 Å². The zero-order valence-corrected chi connectivity index (χ0v) is 42.4. The van der Waals surface area contributed by atoms with E-state index in [0.717, 1.165) is 34.0 Å². The van der Waals surface area contributed by atoms with Gasteiger partial charge < -0.3 is 19.1 Å². The Balaban J connectivity index is 1.14. The van der Waals surface area contributed by atoms with E-state index >= 15 is 0 Å². The van der Waals surface area contributed by atoms with Crippen molar-refractivity contribution < 1.29 is 4.42 Å². The van der Waals surface area contributed by atoms with Crippen LogP contribution in [0.25, 0.3) is 21.9 Å². The zero-order chi connectivity index (χ0) is 47.4. The molecule has 68 heavy (non-hydrogen) atoms. The number of anilines is 8. The van der Waals surface area contributed by atoms with E-state index in [2.05, 4.69) is 231 Å². The lowest BCUT2D eigenvalue weighted by atomic mass is 9.33. The number of aryl methyl sites for hydroxylation is 1. The molecule has 0 spiro atoms. The summed E-state index contributed by atoms with van der Waals surface area (Å²) in [6.45, 7) is 28.4. The molecule has 1 aromatic heterocycles. The summed E-state index contributed by atoms with van der Waals surface area (Å²) < 4.78 is 6.68. The fraction of sp³-hybridized carbons (Fsp3) is 0.333. The third-order valence-electron chi connectivity index (χ3n) is 16.9. The Hall–Kier alpha value is -6.20. The van der Waals surface area contributed by atoms with Crippen molar-refractivity contribution in [3.8, 4) is 0 Å². The molecule has 4 heterocycles. The molecule has 7 aromatic carbocycles. The molecule has 0 radical (unpaired) electrons. The first-order chi connectivity index (χ1) is 32.2. The van der Waals surface area contributed by atoms with Crippen LogP contribution in [0, 0.1) is 6.92 Å². The van der Waals surface area contributed by atoms with Crippen molar-refractivity contribution in [3.63, 3.8) is 0 Å². The Kier molecular flexibility index (Phi) is 9.14. The van der Waals surface area contributed by atoms with Crippen LogP contribution in [0.5, 0.6) is 0 Å². The topological polar surface area (TPSA) is 22.9 Å². The Morgan fingerprint density at radius 2 is 1.07 bits per heavy atom. The summed E-state index contributed by atoms with van der Waals surface area (Å²) in [4.78, 5) is 7.89. The minimum absolute atomic E-state index is 0.00831. The van der Waals surface area contributed by atoms with Crippen molar-refractivity contribution in [1.82, 2.24) is 0 Å². The maximum Gasteiger partial charge on any atom is 0.252 e. The molecule has 0 bridgehead atoms. The predicted octanol–water partition coefficient (Wildman–Crippen LogP) is 15.6. The number of hydrogen-bond acceptors (Lipinski definition) is 4. The summed E-state index contributed by atoms with van der Waals surface area (Å²) in [6.07, 6.45) is 4.83. The van der Waals surface area contributed by atoms with Gasteiger partial charge in [0.25, 0.3) is 6.71 Å². The van der Waals surface area contributed by atoms with Gasteiger partial charge in [-0.2, -0.15) is 0 Å². The average Bonchev–Trinajstić information content (AvgIpc) is 3.76. The predicted molar refractivity (Wildman–Crippen MR) is 291 cm³/mol. The number of hydrogen-bond donors (Lipinski definition) is 0. The lowest BCUT2D eigenvalue weighted by Crippen LogP contribution is -2.61.